The lowest BCUT2D eigenvalue weighted by molar-refractivity contribution is -0.863. The molecule has 0 fully saturated rings. The first kappa shape index (κ1) is 17.4. The predicted molar refractivity (Wildman–Crippen MR) is 78.2 cm³/mol. The van der Waals surface area contributed by atoms with Crippen LogP contribution in [0.25, 0.3) is 0 Å². The van der Waals surface area contributed by atoms with Gasteiger partial charge in [-0.2, -0.15) is 10.2 Å². The van der Waals surface area contributed by atoms with Gasteiger partial charge in [-0.3, -0.25) is 0 Å². The Bertz CT molecular complexity index is 436. The number of methoxy groups -OCH3 is 1. The van der Waals surface area contributed by atoms with Crippen molar-refractivity contribution in [2.45, 2.75) is 0 Å². The first-order valence-corrected chi connectivity index (χ1v) is 5.62. The second kappa shape index (κ2) is 7.76. The number of benzene rings is 1. The molecule has 6 heteroatoms. The molecule has 0 bridgehead atoms. The minimum Gasteiger partial charge on any atom is -0.857 e. The molecule has 19 heavy (non-hydrogen) atoms. The van der Waals surface area contributed by atoms with E-state index in [1.807, 2.05) is 45.4 Å². The molecule has 0 saturated carbocycles. The minimum absolute atomic E-state index is 0. The molecule has 1 aromatic rings. The SMILES string of the molecule is COc1ccc(C=N/N=C(\[O-])C[N+](C)(C)C)cc1.Cl. The van der Waals surface area contributed by atoms with Crippen molar-refractivity contribution in [1.29, 1.82) is 0 Å². The number of rotatable bonds is 5. The highest BCUT2D eigenvalue weighted by Crippen LogP contribution is 2.09. The van der Waals surface area contributed by atoms with Crippen molar-refractivity contribution in [3.8, 4) is 5.75 Å². The lowest BCUT2D eigenvalue weighted by atomic mass is 10.2. The monoisotopic (exact) mass is 285 g/mol. The molecule has 0 aromatic heterocycles. The zero-order chi connectivity index (χ0) is 13.6. The van der Waals surface area contributed by atoms with Gasteiger partial charge in [0, 0.05) is 5.90 Å². The summed E-state index contributed by atoms with van der Waals surface area (Å²) in [5.74, 6) is 0.553. The van der Waals surface area contributed by atoms with Crippen LogP contribution in [0.15, 0.2) is 34.5 Å². The molecule has 0 amide bonds. The Morgan fingerprint density at radius 2 is 1.84 bits per heavy atom. The Morgan fingerprint density at radius 1 is 1.26 bits per heavy atom. The largest absolute Gasteiger partial charge is 0.857 e. The van der Waals surface area contributed by atoms with Crippen LogP contribution in [0.5, 0.6) is 5.75 Å². The molecule has 0 aliphatic heterocycles. The molecule has 0 atom stereocenters. The molecule has 0 N–H and O–H groups in total. The van der Waals surface area contributed by atoms with Crippen LogP contribution in [0.1, 0.15) is 5.56 Å². The van der Waals surface area contributed by atoms with E-state index in [2.05, 4.69) is 10.2 Å². The third kappa shape index (κ3) is 7.43. The number of quaternary nitrogens is 1. The van der Waals surface area contributed by atoms with Crippen molar-refractivity contribution >= 4 is 24.5 Å². The summed E-state index contributed by atoms with van der Waals surface area (Å²) in [6, 6.07) is 7.36. The van der Waals surface area contributed by atoms with Crippen molar-refractivity contribution in [2.75, 3.05) is 34.8 Å². The van der Waals surface area contributed by atoms with Gasteiger partial charge in [-0.15, -0.1) is 12.4 Å². The standard InChI is InChI=1S/C13H19N3O2.ClH/c1-16(2,3)10-13(17)15-14-9-11-5-7-12(18-4)8-6-11;/h5-9H,10H2,1-4H3;1H. The minimum atomic E-state index is -0.229. The van der Waals surface area contributed by atoms with Crippen molar-refractivity contribution in [3.63, 3.8) is 0 Å². The van der Waals surface area contributed by atoms with E-state index in [1.165, 1.54) is 0 Å². The average molecular weight is 286 g/mol. The average Bonchev–Trinajstić information content (AvgIpc) is 2.27. The normalized spacial score (nSPS) is 12.3. The van der Waals surface area contributed by atoms with Gasteiger partial charge < -0.3 is 14.3 Å². The van der Waals surface area contributed by atoms with Crippen LogP contribution in [0.2, 0.25) is 0 Å². The number of nitrogens with zero attached hydrogens (tertiary/aromatic N) is 3. The number of ether oxygens (including phenoxy) is 1. The summed E-state index contributed by atoms with van der Waals surface area (Å²) in [5, 5.41) is 18.8. The van der Waals surface area contributed by atoms with Crippen molar-refractivity contribution in [1.82, 2.24) is 0 Å². The molecule has 0 saturated heterocycles. The maximum Gasteiger partial charge on any atom is 0.118 e. The summed E-state index contributed by atoms with van der Waals surface area (Å²) >= 11 is 0. The lowest BCUT2D eigenvalue weighted by Gasteiger charge is -2.25. The van der Waals surface area contributed by atoms with Crippen LogP contribution in [0.4, 0.5) is 0 Å². The summed E-state index contributed by atoms with van der Waals surface area (Å²) in [4.78, 5) is 0. The maximum atomic E-state index is 11.4. The summed E-state index contributed by atoms with van der Waals surface area (Å²) in [6.45, 7) is 0.333. The first-order valence-electron chi connectivity index (χ1n) is 5.62. The molecule has 0 radical (unpaired) electrons. The van der Waals surface area contributed by atoms with Crippen LogP contribution < -0.4 is 9.84 Å². The van der Waals surface area contributed by atoms with Crippen LogP contribution >= 0.6 is 12.4 Å². The number of likely N-dealkylation sites (N-methyl/N-ethyl adjacent to an activating group) is 1. The third-order valence-electron chi connectivity index (χ3n) is 2.10. The summed E-state index contributed by atoms with van der Waals surface area (Å²) in [6.07, 6.45) is 1.55. The van der Waals surface area contributed by atoms with Crippen LogP contribution in [0.3, 0.4) is 0 Å². The first-order chi connectivity index (χ1) is 8.40. The van der Waals surface area contributed by atoms with Gasteiger partial charge in [-0.25, -0.2) is 0 Å². The summed E-state index contributed by atoms with van der Waals surface area (Å²) < 4.78 is 5.58. The molecule has 0 spiro atoms. The highest BCUT2D eigenvalue weighted by Gasteiger charge is 2.04. The van der Waals surface area contributed by atoms with Crippen LogP contribution in [0, 0.1) is 0 Å². The Morgan fingerprint density at radius 3 is 2.32 bits per heavy atom. The van der Waals surface area contributed by atoms with E-state index in [9.17, 15) is 5.11 Å². The highest BCUT2D eigenvalue weighted by molar-refractivity contribution is 5.85. The fourth-order valence-electron chi connectivity index (χ4n) is 1.29. The van der Waals surface area contributed by atoms with E-state index in [0.29, 0.717) is 11.0 Å². The second-order valence-electron chi connectivity index (χ2n) is 4.96. The summed E-state index contributed by atoms with van der Waals surface area (Å²) in [5.41, 5.74) is 0.873. The molecule has 0 heterocycles. The van der Waals surface area contributed by atoms with Gasteiger partial charge in [-0.1, -0.05) is 0 Å². The highest BCUT2D eigenvalue weighted by atomic mass is 35.5. The van der Waals surface area contributed by atoms with E-state index >= 15 is 0 Å². The molecular weight excluding hydrogens is 266 g/mol. The van der Waals surface area contributed by atoms with E-state index in [1.54, 1.807) is 13.3 Å². The Kier molecular flexibility index (Phi) is 7.11. The number of hydrogen-bond acceptors (Lipinski definition) is 4. The molecule has 0 aliphatic rings. The molecular formula is C13H20ClN3O2. The van der Waals surface area contributed by atoms with E-state index in [4.69, 9.17) is 4.74 Å². The van der Waals surface area contributed by atoms with Crippen LogP contribution in [-0.2, 0) is 0 Å². The van der Waals surface area contributed by atoms with E-state index in [-0.39, 0.29) is 18.3 Å². The molecule has 1 aromatic carbocycles. The number of halogens is 1. The van der Waals surface area contributed by atoms with Gasteiger partial charge in [0.25, 0.3) is 0 Å². The van der Waals surface area contributed by atoms with Crippen LogP contribution in [-0.4, -0.2) is 51.4 Å². The van der Waals surface area contributed by atoms with E-state index in [0.717, 1.165) is 11.3 Å². The quantitative estimate of drug-likeness (QED) is 0.350. The Balaban J connectivity index is 0.00000324. The lowest BCUT2D eigenvalue weighted by Crippen LogP contribution is -2.43. The maximum absolute atomic E-state index is 11.4. The third-order valence-corrected chi connectivity index (χ3v) is 2.10. The Hall–Kier alpha value is -1.59. The summed E-state index contributed by atoms with van der Waals surface area (Å²) in [7, 11) is 7.41. The molecule has 0 unspecified atom stereocenters. The van der Waals surface area contributed by atoms with Gasteiger partial charge >= 0.3 is 0 Å². The fourth-order valence-corrected chi connectivity index (χ4v) is 1.29. The topological polar surface area (TPSA) is 57.0 Å². The molecule has 5 nitrogen and oxygen atoms in total. The zero-order valence-corrected chi connectivity index (χ0v) is 12.5. The second-order valence-corrected chi connectivity index (χ2v) is 4.96. The Labute approximate surface area is 120 Å². The van der Waals surface area contributed by atoms with Crippen molar-refractivity contribution < 1.29 is 14.3 Å². The van der Waals surface area contributed by atoms with Crippen molar-refractivity contribution in [3.05, 3.63) is 29.8 Å². The van der Waals surface area contributed by atoms with E-state index < -0.39 is 0 Å². The molecule has 1 rings (SSSR count). The van der Waals surface area contributed by atoms with Gasteiger partial charge in [0.15, 0.2) is 0 Å². The molecule has 0 aliphatic carbocycles. The number of hydrogen-bond donors (Lipinski definition) is 0. The van der Waals surface area contributed by atoms with Gasteiger partial charge in [0.05, 0.1) is 34.5 Å². The smallest absolute Gasteiger partial charge is 0.118 e. The van der Waals surface area contributed by atoms with Crippen molar-refractivity contribution in [2.24, 2.45) is 10.2 Å². The fraction of sp³-hybridized carbons (Fsp3) is 0.385. The zero-order valence-electron chi connectivity index (χ0n) is 11.7. The van der Waals surface area contributed by atoms with Gasteiger partial charge in [0.1, 0.15) is 12.3 Å². The van der Waals surface area contributed by atoms with Gasteiger partial charge in [0.2, 0.25) is 0 Å². The molecule has 106 valence electrons. The predicted octanol–water partition coefficient (Wildman–Crippen LogP) is 0.916. The van der Waals surface area contributed by atoms with Gasteiger partial charge in [-0.05, 0) is 29.8 Å².